The Balaban J connectivity index is 1.79. The molecule has 0 spiro atoms. The standard InChI is InChI=1S/C24H15ClFNO2/c25-17-9-5-10-18(26)21(17)20(16-12-27-19-11-4-3-6-13(16)19)22-23(28)14-7-1-2-8-15(14)24(22)29/h1-12,20,22,27H. The minimum absolute atomic E-state index is 0.165. The predicted molar refractivity (Wildman–Crippen MR) is 110 cm³/mol. The third-order valence-electron chi connectivity index (χ3n) is 5.62. The quantitative estimate of drug-likeness (QED) is 0.440. The highest BCUT2D eigenvalue weighted by Gasteiger charge is 2.46. The van der Waals surface area contributed by atoms with Crippen LogP contribution in [0.1, 0.15) is 37.8 Å². The Kier molecular flexibility index (Phi) is 4.10. The van der Waals surface area contributed by atoms with Crippen LogP contribution in [0.25, 0.3) is 10.9 Å². The Morgan fingerprint density at radius 2 is 1.52 bits per heavy atom. The van der Waals surface area contributed by atoms with E-state index in [-0.39, 0.29) is 22.2 Å². The molecular weight excluding hydrogens is 389 g/mol. The molecule has 1 atom stereocenters. The molecule has 0 amide bonds. The lowest BCUT2D eigenvalue weighted by atomic mass is 9.77. The fourth-order valence-corrected chi connectivity index (χ4v) is 4.61. The molecule has 0 saturated carbocycles. The second kappa shape index (κ2) is 6.68. The molecule has 0 radical (unpaired) electrons. The number of Topliss-reactive ketones (excluding diaryl/α,β-unsaturated/α-hetero) is 2. The fourth-order valence-electron chi connectivity index (χ4n) is 4.33. The lowest BCUT2D eigenvalue weighted by Gasteiger charge is -2.23. The summed E-state index contributed by atoms with van der Waals surface area (Å²) in [5, 5.41) is 1.02. The van der Waals surface area contributed by atoms with Gasteiger partial charge in [-0.1, -0.05) is 60.1 Å². The first-order valence-electron chi connectivity index (χ1n) is 9.25. The van der Waals surface area contributed by atoms with Gasteiger partial charge in [0.25, 0.3) is 0 Å². The van der Waals surface area contributed by atoms with Crippen LogP contribution in [0.4, 0.5) is 4.39 Å². The maximum Gasteiger partial charge on any atom is 0.175 e. The number of H-pyrrole nitrogens is 1. The maximum absolute atomic E-state index is 15.0. The summed E-state index contributed by atoms with van der Waals surface area (Å²) in [5.74, 6) is -3.06. The molecule has 1 aliphatic carbocycles. The second-order valence-corrected chi connectivity index (χ2v) is 7.56. The molecule has 3 aromatic carbocycles. The summed E-state index contributed by atoms with van der Waals surface area (Å²) in [6.45, 7) is 0. The Morgan fingerprint density at radius 1 is 0.862 bits per heavy atom. The number of nitrogens with one attached hydrogen (secondary N) is 1. The molecule has 0 fully saturated rings. The Hall–Kier alpha value is -3.24. The summed E-state index contributed by atoms with van der Waals surface area (Å²) in [6.07, 6.45) is 1.74. The maximum atomic E-state index is 15.0. The first-order chi connectivity index (χ1) is 14.1. The topological polar surface area (TPSA) is 49.9 Å². The van der Waals surface area contributed by atoms with E-state index >= 15 is 4.39 Å². The van der Waals surface area contributed by atoms with Crippen molar-refractivity contribution in [3.8, 4) is 0 Å². The molecule has 1 N–H and O–H groups in total. The number of aromatic amines is 1. The molecule has 1 unspecified atom stereocenters. The van der Waals surface area contributed by atoms with E-state index in [4.69, 9.17) is 11.6 Å². The molecule has 1 aliphatic rings. The van der Waals surface area contributed by atoms with Crippen molar-refractivity contribution in [2.24, 2.45) is 5.92 Å². The van der Waals surface area contributed by atoms with Gasteiger partial charge in [-0.2, -0.15) is 0 Å². The molecule has 4 aromatic rings. The molecule has 1 heterocycles. The lowest BCUT2D eigenvalue weighted by molar-refractivity contribution is 0.0825. The number of fused-ring (bicyclic) bond motifs is 2. The van der Waals surface area contributed by atoms with Gasteiger partial charge >= 0.3 is 0 Å². The largest absolute Gasteiger partial charge is 0.361 e. The van der Waals surface area contributed by atoms with E-state index < -0.39 is 17.7 Å². The smallest absolute Gasteiger partial charge is 0.175 e. The fraction of sp³-hybridized carbons (Fsp3) is 0.0833. The summed E-state index contributed by atoms with van der Waals surface area (Å²) in [4.78, 5) is 29.7. The van der Waals surface area contributed by atoms with Gasteiger partial charge in [-0.3, -0.25) is 9.59 Å². The van der Waals surface area contributed by atoms with Crippen molar-refractivity contribution in [1.82, 2.24) is 4.98 Å². The van der Waals surface area contributed by atoms with Gasteiger partial charge in [0.05, 0.1) is 5.92 Å². The van der Waals surface area contributed by atoms with Gasteiger partial charge in [0.1, 0.15) is 5.82 Å². The number of benzene rings is 3. The number of hydrogen-bond donors (Lipinski definition) is 1. The van der Waals surface area contributed by atoms with E-state index in [1.54, 1.807) is 36.5 Å². The van der Waals surface area contributed by atoms with E-state index in [2.05, 4.69) is 4.98 Å². The van der Waals surface area contributed by atoms with Crippen molar-refractivity contribution in [1.29, 1.82) is 0 Å². The van der Waals surface area contributed by atoms with E-state index in [0.29, 0.717) is 16.7 Å². The summed E-state index contributed by atoms with van der Waals surface area (Å²) in [5.41, 5.74) is 2.43. The third kappa shape index (κ3) is 2.64. The lowest BCUT2D eigenvalue weighted by Crippen LogP contribution is -2.26. The predicted octanol–water partition coefficient (Wildman–Crippen LogP) is 5.79. The number of carbonyl (C=O) groups excluding carboxylic acids is 2. The number of carbonyl (C=O) groups is 2. The molecule has 0 bridgehead atoms. The molecule has 0 aliphatic heterocycles. The summed E-state index contributed by atoms with van der Waals surface area (Å²) in [7, 11) is 0. The molecule has 1 aromatic heterocycles. The van der Waals surface area contributed by atoms with Crippen molar-refractivity contribution in [3.63, 3.8) is 0 Å². The van der Waals surface area contributed by atoms with Crippen LogP contribution in [0, 0.1) is 11.7 Å². The van der Waals surface area contributed by atoms with Crippen molar-refractivity contribution in [2.45, 2.75) is 5.92 Å². The minimum atomic E-state index is -1.07. The molecule has 142 valence electrons. The van der Waals surface area contributed by atoms with Gasteiger partial charge in [-0.15, -0.1) is 0 Å². The first-order valence-corrected chi connectivity index (χ1v) is 9.63. The second-order valence-electron chi connectivity index (χ2n) is 7.15. The highest BCUT2D eigenvalue weighted by molar-refractivity contribution is 6.32. The van der Waals surface area contributed by atoms with E-state index in [0.717, 1.165) is 10.9 Å². The molecule has 5 heteroatoms. The SMILES string of the molecule is O=C1c2ccccc2C(=O)C1C(c1c(F)cccc1Cl)c1c[nH]c2ccccc12. The molecule has 5 rings (SSSR count). The number of ketones is 2. The monoisotopic (exact) mass is 403 g/mol. The highest BCUT2D eigenvalue weighted by Crippen LogP contribution is 2.45. The normalized spacial score (nSPS) is 15.1. The zero-order chi connectivity index (χ0) is 20.1. The van der Waals surface area contributed by atoms with Crippen LogP contribution in [0.15, 0.2) is 72.9 Å². The van der Waals surface area contributed by atoms with Crippen molar-refractivity contribution >= 4 is 34.1 Å². The van der Waals surface area contributed by atoms with Gasteiger partial charge in [0, 0.05) is 44.7 Å². The Bertz CT molecular complexity index is 1240. The van der Waals surface area contributed by atoms with Crippen LogP contribution in [-0.2, 0) is 0 Å². The van der Waals surface area contributed by atoms with Gasteiger partial charge in [-0.25, -0.2) is 4.39 Å². The molecule has 0 saturated heterocycles. The van der Waals surface area contributed by atoms with Crippen LogP contribution >= 0.6 is 11.6 Å². The first kappa shape index (κ1) is 17.8. The molecule has 29 heavy (non-hydrogen) atoms. The van der Waals surface area contributed by atoms with E-state index in [9.17, 15) is 9.59 Å². The van der Waals surface area contributed by atoms with Gasteiger partial charge < -0.3 is 4.98 Å². The van der Waals surface area contributed by atoms with Crippen LogP contribution in [0.3, 0.4) is 0 Å². The number of aromatic nitrogens is 1. The average molecular weight is 404 g/mol. The Labute approximate surface area is 171 Å². The number of halogens is 2. The van der Waals surface area contributed by atoms with Crippen molar-refractivity contribution < 1.29 is 14.0 Å². The molecule has 3 nitrogen and oxygen atoms in total. The number of hydrogen-bond acceptors (Lipinski definition) is 2. The van der Waals surface area contributed by atoms with E-state index in [1.807, 2.05) is 24.3 Å². The van der Waals surface area contributed by atoms with Crippen LogP contribution < -0.4 is 0 Å². The minimum Gasteiger partial charge on any atom is -0.361 e. The van der Waals surface area contributed by atoms with Crippen LogP contribution in [0.5, 0.6) is 0 Å². The zero-order valence-electron chi connectivity index (χ0n) is 15.2. The van der Waals surface area contributed by atoms with Crippen LogP contribution in [0.2, 0.25) is 5.02 Å². The number of rotatable bonds is 3. The Morgan fingerprint density at radius 3 is 2.21 bits per heavy atom. The van der Waals surface area contributed by atoms with Gasteiger partial charge in [0.2, 0.25) is 0 Å². The van der Waals surface area contributed by atoms with Gasteiger partial charge in [0.15, 0.2) is 11.6 Å². The third-order valence-corrected chi connectivity index (χ3v) is 5.95. The van der Waals surface area contributed by atoms with Crippen LogP contribution in [-0.4, -0.2) is 16.6 Å². The zero-order valence-corrected chi connectivity index (χ0v) is 15.9. The van der Waals surface area contributed by atoms with Crippen molar-refractivity contribution in [3.05, 3.63) is 106 Å². The van der Waals surface area contributed by atoms with Crippen molar-refractivity contribution in [2.75, 3.05) is 0 Å². The highest BCUT2D eigenvalue weighted by atomic mass is 35.5. The summed E-state index contributed by atoms with van der Waals surface area (Å²) >= 11 is 6.40. The average Bonchev–Trinajstić information content (AvgIpc) is 3.26. The van der Waals surface area contributed by atoms with Gasteiger partial charge in [-0.05, 0) is 23.8 Å². The number of para-hydroxylation sites is 1. The summed E-state index contributed by atoms with van der Waals surface area (Å²) < 4.78 is 15.0. The van der Waals surface area contributed by atoms with E-state index in [1.165, 1.54) is 12.1 Å². The summed E-state index contributed by atoms with van der Waals surface area (Å²) in [6, 6.07) is 18.7. The molecular formula is C24H15ClFNO2.